The second kappa shape index (κ2) is 9.37. The van der Waals surface area contributed by atoms with Gasteiger partial charge >= 0.3 is 0 Å². The number of hydrogen-bond acceptors (Lipinski definition) is 3. The molecule has 132 valence electrons. The van der Waals surface area contributed by atoms with Crippen LogP contribution in [0.5, 0.6) is 0 Å². The van der Waals surface area contributed by atoms with Gasteiger partial charge in [0.25, 0.3) is 0 Å². The molecule has 1 aromatic rings. The molecule has 6 heteroatoms. The first kappa shape index (κ1) is 18.4. The Kier molecular flexibility index (Phi) is 7.18. The van der Waals surface area contributed by atoms with Crippen LogP contribution in [0.3, 0.4) is 0 Å². The van der Waals surface area contributed by atoms with E-state index < -0.39 is 0 Å². The molecular weight excluding hydrogens is 309 g/mol. The third-order valence-corrected chi connectivity index (χ3v) is 4.27. The van der Waals surface area contributed by atoms with E-state index in [1.165, 1.54) is 13.0 Å². The molecule has 2 rings (SSSR count). The van der Waals surface area contributed by atoms with Crippen LogP contribution in [0, 0.1) is 5.82 Å². The molecule has 1 aliphatic heterocycles. The first-order valence-corrected chi connectivity index (χ1v) is 8.53. The summed E-state index contributed by atoms with van der Waals surface area (Å²) < 4.78 is 13.1. The molecule has 0 radical (unpaired) electrons. The van der Waals surface area contributed by atoms with E-state index in [0.717, 1.165) is 51.1 Å². The average Bonchev–Trinajstić information content (AvgIpc) is 2.55. The highest BCUT2D eigenvalue weighted by atomic mass is 19.1. The molecule has 5 nitrogen and oxygen atoms in total. The van der Waals surface area contributed by atoms with Crippen LogP contribution in [0.2, 0.25) is 0 Å². The smallest absolute Gasteiger partial charge is 0.224 e. The third kappa shape index (κ3) is 6.28. The number of halogens is 1. The number of carbonyl (C=O) groups is 2. The largest absolute Gasteiger partial charge is 0.356 e. The van der Waals surface area contributed by atoms with E-state index in [2.05, 4.69) is 10.2 Å². The first-order valence-electron chi connectivity index (χ1n) is 8.53. The topological polar surface area (TPSA) is 52.7 Å². The zero-order valence-electron chi connectivity index (χ0n) is 14.3. The van der Waals surface area contributed by atoms with Gasteiger partial charge < -0.3 is 10.2 Å². The van der Waals surface area contributed by atoms with Crippen molar-refractivity contribution in [3.05, 3.63) is 35.6 Å². The van der Waals surface area contributed by atoms with Crippen molar-refractivity contribution in [2.45, 2.75) is 26.2 Å². The van der Waals surface area contributed by atoms with Crippen LogP contribution in [-0.2, 0) is 16.0 Å². The quantitative estimate of drug-likeness (QED) is 0.820. The molecule has 0 spiro atoms. The minimum atomic E-state index is -0.182. The summed E-state index contributed by atoms with van der Waals surface area (Å²) in [5, 5.41) is 2.65. The van der Waals surface area contributed by atoms with Crippen LogP contribution in [0.1, 0.15) is 25.3 Å². The lowest BCUT2D eigenvalue weighted by Gasteiger charge is -2.34. The number of carbonyl (C=O) groups excluding carboxylic acids is 2. The molecule has 0 unspecified atom stereocenters. The molecule has 1 N–H and O–H groups in total. The lowest BCUT2D eigenvalue weighted by atomic mass is 10.1. The predicted octanol–water partition coefficient (Wildman–Crippen LogP) is 1.43. The van der Waals surface area contributed by atoms with Crippen LogP contribution in [0.15, 0.2) is 24.3 Å². The van der Waals surface area contributed by atoms with Gasteiger partial charge in [0.05, 0.1) is 0 Å². The maximum atomic E-state index is 13.1. The Morgan fingerprint density at radius 2 is 1.96 bits per heavy atom. The number of hydrogen-bond donors (Lipinski definition) is 1. The Morgan fingerprint density at radius 1 is 1.21 bits per heavy atom. The van der Waals surface area contributed by atoms with E-state index in [4.69, 9.17) is 0 Å². The second-order valence-electron chi connectivity index (χ2n) is 6.19. The monoisotopic (exact) mass is 335 g/mol. The van der Waals surface area contributed by atoms with Crippen LogP contribution in [-0.4, -0.2) is 60.9 Å². The maximum Gasteiger partial charge on any atom is 0.224 e. The maximum absolute atomic E-state index is 13.1. The van der Waals surface area contributed by atoms with Gasteiger partial charge in [-0.15, -0.1) is 0 Å². The van der Waals surface area contributed by atoms with Gasteiger partial charge in [0.1, 0.15) is 5.82 Å². The van der Waals surface area contributed by atoms with E-state index in [9.17, 15) is 14.0 Å². The van der Waals surface area contributed by atoms with Crippen molar-refractivity contribution in [2.75, 3.05) is 39.3 Å². The van der Waals surface area contributed by atoms with E-state index >= 15 is 0 Å². The van der Waals surface area contributed by atoms with Crippen molar-refractivity contribution in [3.8, 4) is 0 Å². The SMILES string of the molecule is CC(=O)NCCC(=O)N1CCN(CCCc2cccc(F)c2)CC1. The van der Waals surface area contributed by atoms with Crippen LogP contribution >= 0.6 is 0 Å². The molecule has 1 heterocycles. The van der Waals surface area contributed by atoms with E-state index in [1.54, 1.807) is 12.1 Å². The molecule has 0 atom stereocenters. The van der Waals surface area contributed by atoms with E-state index in [0.29, 0.717) is 13.0 Å². The third-order valence-electron chi connectivity index (χ3n) is 4.27. The van der Waals surface area contributed by atoms with Crippen molar-refractivity contribution in [2.24, 2.45) is 0 Å². The minimum Gasteiger partial charge on any atom is -0.356 e. The Morgan fingerprint density at radius 3 is 2.62 bits per heavy atom. The summed E-state index contributed by atoms with van der Waals surface area (Å²) in [7, 11) is 0. The van der Waals surface area contributed by atoms with Gasteiger partial charge in [0, 0.05) is 46.1 Å². The molecule has 0 aliphatic carbocycles. The normalized spacial score (nSPS) is 15.3. The van der Waals surface area contributed by atoms with Crippen molar-refractivity contribution >= 4 is 11.8 Å². The number of benzene rings is 1. The van der Waals surface area contributed by atoms with Crippen molar-refractivity contribution in [3.63, 3.8) is 0 Å². The zero-order chi connectivity index (χ0) is 17.4. The van der Waals surface area contributed by atoms with E-state index in [-0.39, 0.29) is 17.6 Å². The number of piperazine rings is 1. The molecule has 0 aromatic heterocycles. The van der Waals surface area contributed by atoms with Crippen LogP contribution < -0.4 is 5.32 Å². The molecule has 24 heavy (non-hydrogen) atoms. The summed E-state index contributed by atoms with van der Waals surface area (Å²) in [4.78, 5) is 27.1. The summed E-state index contributed by atoms with van der Waals surface area (Å²) in [6, 6.07) is 6.75. The van der Waals surface area contributed by atoms with Crippen LogP contribution in [0.25, 0.3) is 0 Å². The van der Waals surface area contributed by atoms with Crippen molar-refractivity contribution < 1.29 is 14.0 Å². The molecule has 1 fully saturated rings. The molecule has 2 amide bonds. The molecule has 1 saturated heterocycles. The highest BCUT2D eigenvalue weighted by molar-refractivity contribution is 5.78. The Bertz CT molecular complexity index is 557. The predicted molar refractivity (Wildman–Crippen MR) is 91.0 cm³/mol. The molecular formula is C18H26FN3O2. The number of rotatable bonds is 7. The van der Waals surface area contributed by atoms with Gasteiger partial charge in [0.15, 0.2) is 0 Å². The number of nitrogens with one attached hydrogen (secondary N) is 1. The molecule has 0 bridgehead atoms. The Labute approximate surface area is 142 Å². The summed E-state index contributed by atoms with van der Waals surface area (Å²) in [6.07, 6.45) is 2.21. The fourth-order valence-corrected chi connectivity index (χ4v) is 2.92. The second-order valence-corrected chi connectivity index (χ2v) is 6.19. The zero-order valence-corrected chi connectivity index (χ0v) is 14.3. The van der Waals surface area contributed by atoms with Gasteiger partial charge in [0.2, 0.25) is 11.8 Å². The summed E-state index contributed by atoms with van der Waals surface area (Å²) in [6.45, 7) is 6.03. The minimum absolute atomic E-state index is 0.100. The van der Waals surface area contributed by atoms with Gasteiger partial charge in [-0.05, 0) is 37.1 Å². The van der Waals surface area contributed by atoms with Crippen molar-refractivity contribution in [1.29, 1.82) is 0 Å². The summed E-state index contributed by atoms with van der Waals surface area (Å²) in [5.41, 5.74) is 1.03. The lowest BCUT2D eigenvalue weighted by molar-refractivity contribution is -0.132. The van der Waals surface area contributed by atoms with E-state index in [1.807, 2.05) is 11.0 Å². The fourth-order valence-electron chi connectivity index (χ4n) is 2.92. The first-order chi connectivity index (χ1) is 11.5. The highest BCUT2D eigenvalue weighted by Crippen LogP contribution is 2.09. The summed E-state index contributed by atoms with van der Waals surface area (Å²) in [5.74, 6) is -0.187. The molecule has 0 saturated carbocycles. The average molecular weight is 335 g/mol. The Hall–Kier alpha value is -1.95. The number of nitrogens with zero attached hydrogens (tertiary/aromatic N) is 2. The highest BCUT2D eigenvalue weighted by Gasteiger charge is 2.20. The number of amides is 2. The molecule has 1 aliphatic rings. The number of aryl methyl sites for hydroxylation is 1. The standard InChI is InChI=1S/C18H26FN3O2/c1-15(23)20-8-7-18(24)22-12-10-21(11-13-22)9-3-5-16-4-2-6-17(19)14-16/h2,4,6,14H,3,5,7-13H2,1H3,(H,20,23). The van der Waals surface area contributed by atoms with Gasteiger partial charge in [-0.1, -0.05) is 12.1 Å². The van der Waals surface area contributed by atoms with Gasteiger partial charge in [-0.2, -0.15) is 0 Å². The lowest BCUT2D eigenvalue weighted by Crippen LogP contribution is -2.49. The molecule has 1 aromatic carbocycles. The fraction of sp³-hybridized carbons (Fsp3) is 0.556. The van der Waals surface area contributed by atoms with Crippen LogP contribution in [0.4, 0.5) is 4.39 Å². The van der Waals surface area contributed by atoms with Crippen molar-refractivity contribution in [1.82, 2.24) is 15.1 Å². The van der Waals surface area contributed by atoms with Gasteiger partial charge in [-0.3, -0.25) is 14.5 Å². The Balaban J connectivity index is 1.62. The van der Waals surface area contributed by atoms with Gasteiger partial charge in [-0.25, -0.2) is 4.39 Å². The summed E-state index contributed by atoms with van der Waals surface area (Å²) >= 11 is 0.